The average Bonchev–Trinajstić information content (AvgIpc) is 2.60. The maximum atomic E-state index is 13.3. The van der Waals surface area contributed by atoms with Crippen LogP contribution < -0.4 is 5.73 Å². The highest BCUT2D eigenvalue weighted by Crippen LogP contribution is 2.31. The number of nitrogens with zero attached hydrogens (tertiary/aromatic N) is 3. The Morgan fingerprint density at radius 2 is 1.54 bits per heavy atom. The number of nitrogens with two attached hydrogens (primary N) is 1. The topological polar surface area (TPSA) is 91.0 Å². The summed E-state index contributed by atoms with van der Waals surface area (Å²) >= 11 is 0. The summed E-state index contributed by atoms with van der Waals surface area (Å²) in [4.78, 5) is 25.1. The monoisotopic (exact) mass is 352 g/mol. The first-order chi connectivity index (χ1) is 12.4. The molecule has 7 heteroatoms. The molecule has 0 saturated carbocycles. The van der Waals surface area contributed by atoms with Crippen LogP contribution in [0.1, 0.15) is 21.9 Å². The zero-order valence-electron chi connectivity index (χ0n) is 14.6. The molecule has 0 aliphatic carbocycles. The third-order valence-electron chi connectivity index (χ3n) is 3.77. The average molecular weight is 352 g/mol. The number of aromatic nitrogens is 3. The van der Waals surface area contributed by atoms with Gasteiger partial charge in [-0.15, -0.1) is 0 Å². The number of methoxy groups -OCH3 is 1. The summed E-state index contributed by atoms with van der Waals surface area (Å²) in [5.74, 6) is -1.09. The van der Waals surface area contributed by atoms with Crippen LogP contribution in [-0.2, 0) is 4.74 Å². The summed E-state index contributed by atoms with van der Waals surface area (Å²) in [5.41, 5.74) is 9.68. The van der Waals surface area contributed by atoms with Gasteiger partial charge in [0.15, 0.2) is 11.5 Å². The number of aryl methyl sites for hydroxylation is 2. The number of hydrogen-bond acceptors (Lipinski definition) is 6. The summed E-state index contributed by atoms with van der Waals surface area (Å²) in [6.07, 6.45) is 0. The normalized spacial score (nSPS) is 10.6. The van der Waals surface area contributed by atoms with E-state index in [1.54, 1.807) is 12.1 Å². The molecular weight excluding hydrogens is 335 g/mol. The number of carbonyl (C=O) groups excluding carboxylic acids is 1. The third kappa shape index (κ3) is 3.37. The van der Waals surface area contributed by atoms with E-state index in [-0.39, 0.29) is 17.3 Å². The maximum absolute atomic E-state index is 13.3. The number of halogens is 1. The van der Waals surface area contributed by atoms with Crippen LogP contribution in [0.2, 0.25) is 0 Å². The van der Waals surface area contributed by atoms with Gasteiger partial charge in [0.05, 0.1) is 18.5 Å². The predicted molar refractivity (Wildman–Crippen MR) is 95.9 cm³/mol. The van der Waals surface area contributed by atoms with E-state index in [1.165, 1.54) is 19.2 Å². The summed E-state index contributed by atoms with van der Waals surface area (Å²) in [5, 5.41) is 0. The second kappa shape index (κ2) is 6.87. The van der Waals surface area contributed by atoms with Gasteiger partial charge in [-0.25, -0.2) is 19.2 Å². The van der Waals surface area contributed by atoms with Crippen molar-refractivity contribution >= 4 is 11.8 Å². The predicted octanol–water partition coefficient (Wildman–Crippen LogP) is 3.33. The molecule has 1 aromatic carbocycles. The molecule has 3 rings (SSSR count). The quantitative estimate of drug-likeness (QED) is 0.727. The van der Waals surface area contributed by atoms with Crippen molar-refractivity contribution in [1.82, 2.24) is 15.0 Å². The Kier molecular flexibility index (Phi) is 4.62. The third-order valence-corrected chi connectivity index (χ3v) is 3.77. The van der Waals surface area contributed by atoms with E-state index in [9.17, 15) is 9.18 Å². The van der Waals surface area contributed by atoms with Crippen molar-refractivity contribution in [2.24, 2.45) is 0 Å². The van der Waals surface area contributed by atoms with E-state index in [2.05, 4.69) is 15.0 Å². The summed E-state index contributed by atoms with van der Waals surface area (Å²) < 4.78 is 18.0. The second-order valence-electron chi connectivity index (χ2n) is 5.79. The highest BCUT2D eigenvalue weighted by Gasteiger charge is 2.20. The number of hydrogen-bond donors (Lipinski definition) is 1. The Hall–Kier alpha value is -3.35. The van der Waals surface area contributed by atoms with Gasteiger partial charge in [0.25, 0.3) is 0 Å². The number of benzene rings is 1. The molecule has 0 aliphatic heterocycles. The van der Waals surface area contributed by atoms with Crippen LogP contribution in [0.15, 0.2) is 36.4 Å². The molecule has 2 aromatic heterocycles. The lowest BCUT2D eigenvalue weighted by molar-refractivity contribution is 0.0595. The first kappa shape index (κ1) is 17.5. The molecule has 6 nitrogen and oxygen atoms in total. The van der Waals surface area contributed by atoms with Gasteiger partial charge in [-0.1, -0.05) is 0 Å². The number of ether oxygens (including phenoxy) is 1. The largest absolute Gasteiger partial charge is 0.464 e. The lowest BCUT2D eigenvalue weighted by Crippen LogP contribution is -2.12. The second-order valence-corrected chi connectivity index (χ2v) is 5.79. The lowest BCUT2D eigenvalue weighted by Gasteiger charge is -2.13. The molecule has 0 bridgehead atoms. The molecule has 0 atom stereocenters. The van der Waals surface area contributed by atoms with E-state index in [0.717, 1.165) is 17.0 Å². The molecule has 2 heterocycles. The van der Waals surface area contributed by atoms with E-state index < -0.39 is 5.97 Å². The minimum absolute atomic E-state index is 0.0533. The van der Waals surface area contributed by atoms with Crippen molar-refractivity contribution in [3.63, 3.8) is 0 Å². The fourth-order valence-corrected chi connectivity index (χ4v) is 2.68. The molecule has 0 unspecified atom stereocenters. The molecule has 3 aromatic rings. The van der Waals surface area contributed by atoms with Gasteiger partial charge in [-0.2, -0.15) is 0 Å². The molecule has 2 N–H and O–H groups in total. The molecule has 0 aliphatic rings. The summed E-state index contributed by atoms with van der Waals surface area (Å²) in [7, 11) is 1.25. The van der Waals surface area contributed by atoms with E-state index >= 15 is 0 Å². The van der Waals surface area contributed by atoms with E-state index in [1.807, 2.05) is 26.0 Å². The van der Waals surface area contributed by atoms with Crippen LogP contribution in [-0.4, -0.2) is 28.0 Å². The van der Waals surface area contributed by atoms with Gasteiger partial charge < -0.3 is 10.5 Å². The van der Waals surface area contributed by atoms with Gasteiger partial charge in [0, 0.05) is 22.5 Å². The van der Waals surface area contributed by atoms with Crippen LogP contribution in [0.25, 0.3) is 22.5 Å². The number of carbonyl (C=O) groups is 1. The maximum Gasteiger partial charge on any atom is 0.360 e. The SMILES string of the molecule is COC(=O)c1nc(-c2cc(C)nc(C)c2)c(-c2ccc(F)cc2)nc1N. The van der Waals surface area contributed by atoms with Crippen molar-refractivity contribution in [3.8, 4) is 22.5 Å². The van der Waals surface area contributed by atoms with Crippen molar-refractivity contribution < 1.29 is 13.9 Å². The highest BCUT2D eigenvalue weighted by atomic mass is 19.1. The zero-order valence-corrected chi connectivity index (χ0v) is 14.6. The molecular formula is C19H17FN4O2. The molecule has 0 spiro atoms. The molecule has 26 heavy (non-hydrogen) atoms. The van der Waals surface area contributed by atoms with E-state index in [0.29, 0.717) is 17.0 Å². The summed E-state index contributed by atoms with van der Waals surface area (Å²) in [6, 6.07) is 9.49. The van der Waals surface area contributed by atoms with Gasteiger partial charge in [0.1, 0.15) is 5.82 Å². The number of anilines is 1. The highest BCUT2D eigenvalue weighted by molar-refractivity contribution is 5.94. The minimum Gasteiger partial charge on any atom is -0.464 e. The number of nitrogen functional groups attached to an aromatic ring is 1. The molecule has 132 valence electrons. The first-order valence-electron chi connectivity index (χ1n) is 7.86. The van der Waals surface area contributed by atoms with Crippen molar-refractivity contribution in [3.05, 3.63) is 59.3 Å². The van der Waals surface area contributed by atoms with Crippen LogP contribution in [0.4, 0.5) is 10.2 Å². The van der Waals surface area contributed by atoms with E-state index in [4.69, 9.17) is 10.5 Å². The molecule has 0 radical (unpaired) electrons. The van der Waals surface area contributed by atoms with Crippen molar-refractivity contribution in [2.75, 3.05) is 12.8 Å². The molecule has 0 amide bonds. The Labute approximate surface area is 149 Å². The Balaban J connectivity index is 2.30. The molecule has 0 saturated heterocycles. The fourth-order valence-electron chi connectivity index (χ4n) is 2.68. The van der Waals surface area contributed by atoms with Crippen LogP contribution >= 0.6 is 0 Å². The van der Waals surface area contributed by atoms with Gasteiger partial charge in [-0.3, -0.25) is 4.98 Å². The standard InChI is InChI=1S/C19H17FN4O2/c1-10-8-13(9-11(2)22-10)16-15(12-4-6-14(20)7-5-12)24-18(21)17(23-16)19(25)26-3/h4-9H,1-3H3,(H2,21,24). The van der Waals surface area contributed by atoms with Crippen LogP contribution in [0.3, 0.4) is 0 Å². The zero-order chi connectivity index (χ0) is 18.8. The van der Waals surface area contributed by atoms with Gasteiger partial charge in [0.2, 0.25) is 0 Å². The first-order valence-corrected chi connectivity index (χ1v) is 7.86. The number of esters is 1. The Morgan fingerprint density at radius 1 is 0.962 bits per heavy atom. The number of rotatable bonds is 3. The molecule has 0 fully saturated rings. The summed E-state index contributed by atoms with van der Waals surface area (Å²) in [6.45, 7) is 3.72. The van der Waals surface area contributed by atoms with Crippen molar-refractivity contribution in [1.29, 1.82) is 0 Å². The Bertz CT molecular complexity index is 967. The van der Waals surface area contributed by atoms with Gasteiger partial charge in [-0.05, 0) is 50.2 Å². The van der Waals surface area contributed by atoms with Gasteiger partial charge >= 0.3 is 5.97 Å². The smallest absolute Gasteiger partial charge is 0.360 e. The lowest BCUT2D eigenvalue weighted by atomic mass is 10.0. The Morgan fingerprint density at radius 3 is 2.12 bits per heavy atom. The van der Waals surface area contributed by atoms with Crippen molar-refractivity contribution in [2.45, 2.75) is 13.8 Å². The van der Waals surface area contributed by atoms with Crippen LogP contribution in [0, 0.1) is 19.7 Å². The fraction of sp³-hybridized carbons (Fsp3) is 0.158. The minimum atomic E-state index is -0.676. The van der Waals surface area contributed by atoms with Crippen LogP contribution in [0.5, 0.6) is 0 Å². The number of pyridine rings is 1.